The zero-order valence-electron chi connectivity index (χ0n) is 15.5. The second-order valence-electron chi connectivity index (χ2n) is 6.86. The third-order valence-electron chi connectivity index (χ3n) is 4.49. The molecule has 4 heterocycles. The van der Waals surface area contributed by atoms with Crippen LogP contribution in [0.4, 0.5) is 5.82 Å². The van der Waals surface area contributed by atoms with Crippen LogP contribution in [0.5, 0.6) is 0 Å². The Hall–Kier alpha value is -3.41. The minimum absolute atomic E-state index is 0.274. The van der Waals surface area contributed by atoms with E-state index in [2.05, 4.69) is 39.9 Å². The topological polar surface area (TPSA) is 64.2 Å². The molecule has 1 N–H and O–H groups in total. The maximum atomic E-state index is 12.8. The summed E-state index contributed by atoms with van der Waals surface area (Å²) in [5.74, 6) is 0.979. The van der Waals surface area contributed by atoms with Crippen molar-refractivity contribution in [2.75, 3.05) is 5.32 Å². The van der Waals surface area contributed by atoms with Crippen LogP contribution >= 0.6 is 0 Å². The van der Waals surface area contributed by atoms with Gasteiger partial charge in [0.15, 0.2) is 5.69 Å². The molecule has 4 aromatic heterocycles. The molecule has 0 atom stereocenters. The Balaban J connectivity index is 1.75. The lowest BCUT2D eigenvalue weighted by Gasteiger charge is -2.05. The van der Waals surface area contributed by atoms with E-state index >= 15 is 0 Å². The minimum Gasteiger partial charge on any atom is -0.351 e. The van der Waals surface area contributed by atoms with E-state index in [1.807, 2.05) is 54.0 Å². The molecule has 0 saturated carbocycles. The van der Waals surface area contributed by atoms with Crippen LogP contribution in [0.1, 0.15) is 35.9 Å². The largest absolute Gasteiger partial charge is 0.351 e. The summed E-state index contributed by atoms with van der Waals surface area (Å²) in [5, 5.41) is 2.83. The molecule has 0 saturated heterocycles. The lowest BCUT2D eigenvalue weighted by atomic mass is 10.3. The summed E-state index contributed by atoms with van der Waals surface area (Å²) in [6, 6.07) is 11.8. The van der Waals surface area contributed by atoms with E-state index in [1.165, 1.54) is 0 Å². The van der Waals surface area contributed by atoms with Gasteiger partial charge in [0.2, 0.25) is 0 Å². The number of fused-ring (bicyclic) bond motifs is 1. The Morgan fingerprint density at radius 1 is 1.11 bits per heavy atom. The lowest BCUT2D eigenvalue weighted by molar-refractivity contribution is 0.102. The molecule has 0 radical (unpaired) electrons. The van der Waals surface area contributed by atoms with E-state index < -0.39 is 0 Å². The van der Waals surface area contributed by atoms with Gasteiger partial charge < -0.3 is 9.88 Å². The molecular weight excluding hydrogens is 338 g/mol. The molecule has 6 heteroatoms. The molecule has 1 amide bonds. The number of carbonyl (C=O) groups is 1. The standard InChI is InChI=1S/C21H21N5O/c1-14(2)25-11-9-16(13-25)20-24-19(17-6-4-5-10-26(17)20)21(27)23-18-8-7-15(3)12-22-18/h4-14H,1-3H3,(H,22,23,27). The Morgan fingerprint density at radius 3 is 2.67 bits per heavy atom. The summed E-state index contributed by atoms with van der Waals surface area (Å²) < 4.78 is 4.06. The van der Waals surface area contributed by atoms with Crippen molar-refractivity contribution in [3.05, 3.63) is 72.4 Å². The highest BCUT2D eigenvalue weighted by molar-refractivity contribution is 6.07. The van der Waals surface area contributed by atoms with Gasteiger partial charge in [-0.05, 0) is 50.6 Å². The van der Waals surface area contributed by atoms with E-state index in [-0.39, 0.29) is 5.91 Å². The minimum atomic E-state index is -0.274. The van der Waals surface area contributed by atoms with Crippen molar-refractivity contribution in [3.8, 4) is 11.4 Å². The van der Waals surface area contributed by atoms with Crippen LogP contribution in [-0.2, 0) is 0 Å². The van der Waals surface area contributed by atoms with Gasteiger partial charge >= 0.3 is 0 Å². The van der Waals surface area contributed by atoms with Crippen LogP contribution < -0.4 is 5.32 Å². The number of aromatic nitrogens is 4. The molecule has 0 bridgehead atoms. The molecule has 0 aliphatic heterocycles. The average molecular weight is 359 g/mol. The summed E-state index contributed by atoms with van der Waals surface area (Å²) in [5.41, 5.74) is 3.15. The third kappa shape index (κ3) is 3.21. The van der Waals surface area contributed by atoms with Crippen LogP contribution in [0.15, 0.2) is 61.2 Å². The predicted octanol–water partition coefficient (Wildman–Crippen LogP) is 4.34. The monoisotopic (exact) mass is 359 g/mol. The number of anilines is 1. The Kier molecular flexibility index (Phi) is 4.24. The maximum absolute atomic E-state index is 12.8. The normalized spacial score (nSPS) is 11.3. The Morgan fingerprint density at radius 2 is 1.96 bits per heavy atom. The van der Waals surface area contributed by atoms with Crippen LogP contribution in [0.3, 0.4) is 0 Å². The van der Waals surface area contributed by atoms with Gasteiger partial charge in [0.1, 0.15) is 11.6 Å². The number of pyridine rings is 2. The highest BCUT2D eigenvalue weighted by atomic mass is 16.2. The molecule has 0 aromatic carbocycles. The summed E-state index contributed by atoms with van der Waals surface area (Å²) in [6.07, 6.45) is 7.72. The highest BCUT2D eigenvalue weighted by Gasteiger charge is 2.19. The van der Waals surface area contributed by atoms with Gasteiger partial charge in [0.25, 0.3) is 5.91 Å². The van der Waals surface area contributed by atoms with Crippen molar-refractivity contribution >= 4 is 17.2 Å². The number of imidazole rings is 1. The fourth-order valence-corrected chi connectivity index (χ4v) is 2.99. The molecule has 0 aliphatic rings. The van der Waals surface area contributed by atoms with Crippen molar-refractivity contribution < 1.29 is 4.79 Å². The zero-order valence-corrected chi connectivity index (χ0v) is 15.5. The first kappa shape index (κ1) is 17.0. The summed E-state index contributed by atoms with van der Waals surface area (Å²) in [7, 11) is 0. The van der Waals surface area contributed by atoms with Crippen LogP contribution in [0.2, 0.25) is 0 Å². The van der Waals surface area contributed by atoms with E-state index in [1.54, 1.807) is 12.3 Å². The molecule has 0 fully saturated rings. The number of hydrogen-bond acceptors (Lipinski definition) is 3. The summed E-state index contributed by atoms with van der Waals surface area (Å²) in [4.78, 5) is 21.7. The SMILES string of the molecule is Cc1ccc(NC(=O)c2nc(-c3ccn(C(C)C)c3)n3ccccc23)nc1. The number of carbonyl (C=O) groups excluding carboxylic acids is 1. The lowest BCUT2D eigenvalue weighted by Crippen LogP contribution is -2.13. The fourth-order valence-electron chi connectivity index (χ4n) is 2.99. The smallest absolute Gasteiger partial charge is 0.277 e. The van der Waals surface area contributed by atoms with Crippen molar-refractivity contribution in [2.24, 2.45) is 0 Å². The molecule has 0 spiro atoms. The molecule has 4 aromatic rings. The van der Waals surface area contributed by atoms with Crippen molar-refractivity contribution in [3.63, 3.8) is 0 Å². The van der Waals surface area contributed by atoms with Gasteiger partial charge in [0, 0.05) is 36.4 Å². The van der Waals surface area contributed by atoms with Crippen molar-refractivity contribution in [1.82, 2.24) is 18.9 Å². The molecule has 27 heavy (non-hydrogen) atoms. The van der Waals surface area contributed by atoms with E-state index in [4.69, 9.17) is 0 Å². The Bertz CT molecular complexity index is 1110. The second-order valence-corrected chi connectivity index (χ2v) is 6.86. The third-order valence-corrected chi connectivity index (χ3v) is 4.49. The first-order valence-electron chi connectivity index (χ1n) is 8.92. The van der Waals surface area contributed by atoms with Gasteiger partial charge in [-0.2, -0.15) is 0 Å². The predicted molar refractivity (Wildman–Crippen MR) is 106 cm³/mol. The van der Waals surface area contributed by atoms with Crippen molar-refractivity contribution in [1.29, 1.82) is 0 Å². The van der Waals surface area contributed by atoms with Gasteiger partial charge in [-0.3, -0.25) is 9.20 Å². The number of aryl methyl sites for hydroxylation is 1. The van der Waals surface area contributed by atoms with Crippen LogP contribution in [0.25, 0.3) is 16.9 Å². The number of amides is 1. The molecule has 136 valence electrons. The molecule has 0 aliphatic carbocycles. The van der Waals surface area contributed by atoms with Crippen molar-refractivity contribution in [2.45, 2.75) is 26.8 Å². The number of rotatable bonds is 4. The average Bonchev–Trinajstić information content (AvgIpc) is 3.28. The molecule has 0 unspecified atom stereocenters. The first-order valence-corrected chi connectivity index (χ1v) is 8.92. The highest BCUT2D eigenvalue weighted by Crippen LogP contribution is 2.25. The second kappa shape index (κ2) is 6.72. The number of hydrogen-bond donors (Lipinski definition) is 1. The molecule has 6 nitrogen and oxygen atoms in total. The number of nitrogens with zero attached hydrogens (tertiary/aromatic N) is 4. The van der Waals surface area contributed by atoms with E-state index in [0.29, 0.717) is 17.6 Å². The van der Waals surface area contributed by atoms with Crippen LogP contribution in [0, 0.1) is 6.92 Å². The van der Waals surface area contributed by atoms with E-state index in [0.717, 1.165) is 22.5 Å². The molecular formula is C21H21N5O. The van der Waals surface area contributed by atoms with Crippen LogP contribution in [-0.4, -0.2) is 24.8 Å². The maximum Gasteiger partial charge on any atom is 0.277 e. The van der Waals surface area contributed by atoms with Gasteiger partial charge in [0.05, 0.1) is 5.52 Å². The molecule has 4 rings (SSSR count). The van der Waals surface area contributed by atoms with Gasteiger partial charge in [-0.25, -0.2) is 9.97 Å². The zero-order chi connectivity index (χ0) is 19.0. The first-order chi connectivity index (χ1) is 13.0. The number of nitrogens with one attached hydrogen (secondary N) is 1. The Labute approximate surface area is 157 Å². The summed E-state index contributed by atoms with van der Waals surface area (Å²) in [6.45, 7) is 6.21. The summed E-state index contributed by atoms with van der Waals surface area (Å²) >= 11 is 0. The fraction of sp³-hybridized carbons (Fsp3) is 0.190. The van der Waals surface area contributed by atoms with E-state index in [9.17, 15) is 4.79 Å². The van der Waals surface area contributed by atoms with Gasteiger partial charge in [-0.1, -0.05) is 12.1 Å². The van der Waals surface area contributed by atoms with Gasteiger partial charge in [-0.15, -0.1) is 0 Å². The quantitative estimate of drug-likeness (QED) is 0.589.